The molecule has 3 heteroatoms. The number of benzene rings is 2. The number of rotatable bonds is 4. The van der Waals surface area contributed by atoms with Gasteiger partial charge in [0.05, 0.1) is 6.04 Å². The van der Waals surface area contributed by atoms with Crippen LogP contribution in [0.15, 0.2) is 36.4 Å². The lowest BCUT2D eigenvalue weighted by Gasteiger charge is -2.22. The molecule has 0 spiro atoms. The summed E-state index contributed by atoms with van der Waals surface area (Å²) in [6.07, 6.45) is 0. The third-order valence-corrected chi connectivity index (χ3v) is 4.09. The average molecular weight is 308 g/mol. The van der Waals surface area contributed by atoms with E-state index in [0.717, 1.165) is 22.2 Å². The Hall–Kier alpha value is -1.02. The van der Waals surface area contributed by atoms with Gasteiger partial charge >= 0.3 is 0 Å². The summed E-state index contributed by atoms with van der Waals surface area (Å²) in [5, 5.41) is 5.10. The van der Waals surface area contributed by atoms with Gasteiger partial charge in [-0.25, -0.2) is 0 Å². The van der Waals surface area contributed by atoms with Gasteiger partial charge in [0, 0.05) is 10.0 Å². The first kappa shape index (κ1) is 15.4. The molecule has 1 unspecified atom stereocenters. The highest BCUT2D eigenvalue weighted by atomic mass is 35.5. The van der Waals surface area contributed by atoms with Crippen LogP contribution in [0.3, 0.4) is 0 Å². The SMILES string of the molecule is CCNC(c1cccc(Cl)c1)c1cc(C)c(Cl)cc1C. The van der Waals surface area contributed by atoms with Gasteiger partial charge in [-0.3, -0.25) is 0 Å². The summed E-state index contributed by atoms with van der Waals surface area (Å²) in [4.78, 5) is 0. The molecule has 0 aliphatic heterocycles. The van der Waals surface area contributed by atoms with Gasteiger partial charge in [-0.1, -0.05) is 48.3 Å². The highest BCUT2D eigenvalue weighted by Crippen LogP contribution is 2.30. The number of hydrogen-bond acceptors (Lipinski definition) is 1. The van der Waals surface area contributed by atoms with Crippen molar-refractivity contribution >= 4 is 23.2 Å². The first-order valence-corrected chi connectivity index (χ1v) is 7.54. The van der Waals surface area contributed by atoms with Gasteiger partial charge in [0.25, 0.3) is 0 Å². The standard InChI is InChI=1S/C17H19Cl2N/c1-4-20-17(13-6-5-7-14(18)10-13)15-8-12(3)16(19)9-11(15)2/h5-10,17,20H,4H2,1-3H3. The molecule has 0 saturated carbocycles. The van der Waals surface area contributed by atoms with E-state index in [2.05, 4.69) is 31.3 Å². The molecule has 0 aliphatic carbocycles. The third-order valence-electron chi connectivity index (χ3n) is 3.45. The second-order valence-electron chi connectivity index (χ2n) is 5.00. The predicted octanol–water partition coefficient (Wildman–Crippen LogP) is 5.31. The smallest absolute Gasteiger partial charge is 0.0579 e. The summed E-state index contributed by atoms with van der Waals surface area (Å²) in [6, 6.07) is 12.3. The van der Waals surface area contributed by atoms with Gasteiger partial charge in [0.15, 0.2) is 0 Å². The molecule has 0 fully saturated rings. The number of nitrogens with one attached hydrogen (secondary N) is 1. The van der Waals surface area contributed by atoms with Crippen molar-refractivity contribution in [3.63, 3.8) is 0 Å². The zero-order valence-corrected chi connectivity index (χ0v) is 13.5. The van der Waals surface area contributed by atoms with Crippen molar-refractivity contribution < 1.29 is 0 Å². The molecule has 0 bridgehead atoms. The normalized spacial score (nSPS) is 12.4. The molecule has 1 nitrogen and oxygen atoms in total. The van der Waals surface area contributed by atoms with Gasteiger partial charge < -0.3 is 5.32 Å². The van der Waals surface area contributed by atoms with E-state index in [1.54, 1.807) is 0 Å². The van der Waals surface area contributed by atoms with E-state index >= 15 is 0 Å². The van der Waals surface area contributed by atoms with E-state index in [4.69, 9.17) is 23.2 Å². The van der Waals surface area contributed by atoms with Crippen LogP contribution in [0.1, 0.15) is 35.2 Å². The fourth-order valence-corrected chi connectivity index (χ4v) is 2.83. The van der Waals surface area contributed by atoms with E-state index in [1.807, 2.05) is 31.2 Å². The van der Waals surface area contributed by atoms with Gasteiger partial charge in [-0.15, -0.1) is 0 Å². The van der Waals surface area contributed by atoms with E-state index in [1.165, 1.54) is 16.7 Å². The molecule has 0 aromatic heterocycles. The average Bonchev–Trinajstić information content (AvgIpc) is 2.40. The molecule has 0 saturated heterocycles. The van der Waals surface area contributed by atoms with Crippen molar-refractivity contribution in [3.8, 4) is 0 Å². The Morgan fingerprint density at radius 1 is 1.05 bits per heavy atom. The van der Waals surface area contributed by atoms with Crippen LogP contribution in [-0.2, 0) is 0 Å². The fourth-order valence-electron chi connectivity index (χ4n) is 2.41. The molecule has 0 heterocycles. The van der Waals surface area contributed by atoms with Crippen molar-refractivity contribution in [3.05, 3.63) is 68.7 Å². The maximum atomic E-state index is 6.20. The minimum absolute atomic E-state index is 0.134. The van der Waals surface area contributed by atoms with Crippen molar-refractivity contribution in [2.75, 3.05) is 6.54 Å². The second-order valence-corrected chi connectivity index (χ2v) is 5.85. The van der Waals surface area contributed by atoms with E-state index in [9.17, 15) is 0 Å². The molecule has 2 rings (SSSR count). The van der Waals surface area contributed by atoms with E-state index in [-0.39, 0.29) is 6.04 Å². The van der Waals surface area contributed by atoms with E-state index < -0.39 is 0 Å². The van der Waals surface area contributed by atoms with Crippen LogP contribution in [0.25, 0.3) is 0 Å². The Morgan fingerprint density at radius 3 is 2.45 bits per heavy atom. The molecule has 20 heavy (non-hydrogen) atoms. The topological polar surface area (TPSA) is 12.0 Å². The quantitative estimate of drug-likeness (QED) is 0.807. The number of aryl methyl sites for hydroxylation is 2. The first-order valence-electron chi connectivity index (χ1n) is 6.78. The summed E-state index contributed by atoms with van der Waals surface area (Å²) in [5.41, 5.74) is 4.70. The van der Waals surface area contributed by atoms with Crippen LogP contribution < -0.4 is 5.32 Å². The van der Waals surface area contributed by atoms with Crippen LogP contribution >= 0.6 is 23.2 Å². The maximum Gasteiger partial charge on any atom is 0.0579 e. The van der Waals surface area contributed by atoms with Crippen LogP contribution in [0.5, 0.6) is 0 Å². The number of hydrogen-bond donors (Lipinski definition) is 1. The molecule has 0 radical (unpaired) electrons. The second kappa shape index (κ2) is 6.62. The fraction of sp³-hybridized carbons (Fsp3) is 0.294. The first-order chi connectivity index (χ1) is 9.52. The molecule has 1 atom stereocenters. The lowest BCUT2D eigenvalue weighted by Crippen LogP contribution is -2.23. The minimum Gasteiger partial charge on any atom is -0.307 e. The van der Waals surface area contributed by atoms with Crippen molar-refractivity contribution in [2.24, 2.45) is 0 Å². The van der Waals surface area contributed by atoms with E-state index in [0.29, 0.717) is 0 Å². The molecule has 106 valence electrons. The Kier molecular flexibility index (Phi) is 5.09. The van der Waals surface area contributed by atoms with Crippen LogP contribution in [0, 0.1) is 13.8 Å². The predicted molar refractivity (Wildman–Crippen MR) is 87.9 cm³/mol. The van der Waals surface area contributed by atoms with Crippen LogP contribution in [0.2, 0.25) is 10.0 Å². The highest BCUT2D eigenvalue weighted by Gasteiger charge is 2.16. The maximum absolute atomic E-state index is 6.20. The van der Waals surface area contributed by atoms with Crippen molar-refractivity contribution in [2.45, 2.75) is 26.8 Å². The Labute approximate surface area is 130 Å². The van der Waals surface area contributed by atoms with Gasteiger partial charge in [0.2, 0.25) is 0 Å². The number of halogens is 2. The summed E-state index contributed by atoms with van der Waals surface area (Å²) < 4.78 is 0. The highest BCUT2D eigenvalue weighted by molar-refractivity contribution is 6.31. The molecule has 2 aromatic carbocycles. The molecule has 1 N–H and O–H groups in total. The third kappa shape index (κ3) is 3.35. The van der Waals surface area contributed by atoms with Crippen molar-refractivity contribution in [1.82, 2.24) is 5.32 Å². The van der Waals surface area contributed by atoms with Gasteiger partial charge in [-0.2, -0.15) is 0 Å². The molecule has 2 aromatic rings. The van der Waals surface area contributed by atoms with Gasteiger partial charge in [-0.05, 0) is 60.8 Å². The van der Waals surface area contributed by atoms with Crippen molar-refractivity contribution in [1.29, 1.82) is 0 Å². The summed E-state index contributed by atoms with van der Waals surface area (Å²) in [6.45, 7) is 7.12. The van der Waals surface area contributed by atoms with Crippen LogP contribution in [-0.4, -0.2) is 6.54 Å². The van der Waals surface area contributed by atoms with Gasteiger partial charge in [0.1, 0.15) is 0 Å². The molecule has 0 aliphatic rings. The summed E-state index contributed by atoms with van der Waals surface area (Å²) in [5.74, 6) is 0. The zero-order chi connectivity index (χ0) is 14.7. The lowest BCUT2D eigenvalue weighted by molar-refractivity contribution is 0.627. The minimum atomic E-state index is 0.134. The zero-order valence-electron chi connectivity index (χ0n) is 12.0. The van der Waals surface area contributed by atoms with Crippen LogP contribution in [0.4, 0.5) is 0 Å². The lowest BCUT2D eigenvalue weighted by atomic mass is 9.93. The molecular weight excluding hydrogens is 289 g/mol. The largest absolute Gasteiger partial charge is 0.307 e. The Morgan fingerprint density at radius 2 is 1.80 bits per heavy atom. The summed E-state index contributed by atoms with van der Waals surface area (Å²) >= 11 is 12.3. The molecular formula is C17H19Cl2N. The Balaban J connectivity index is 2.51. The molecule has 0 amide bonds. The Bertz CT molecular complexity index is 608. The summed E-state index contributed by atoms with van der Waals surface area (Å²) in [7, 11) is 0. The monoisotopic (exact) mass is 307 g/mol.